The Morgan fingerprint density at radius 3 is 1.92 bits per heavy atom. The summed E-state index contributed by atoms with van der Waals surface area (Å²) in [4.78, 5) is 2.83. The van der Waals surface area contributed by atoms with Gasteiger partial charge in [-0.2, -0.15) is 0 Å². The van der Waals surface area contributed by atoms with Crippen molar-refractivity contribution in [1.29, 1.82) is 0 Å². The molecule has 8 heteroatoms. The first-order chi connectivity index (χ1) is 11.8. The fourth-order valence-corrected chi connectivity index (χ4v) is 2.47. The lowest BCUT2D eigenvalue weighted by Crippen LogP contribution is -2.45. The van der Waals surface area contributed by atoms with Crippen LogP contribution < -0.4 is 0 Å². The van der Waals surface area contributed by atoms with Gasteiger partial charge in [0.25, 0.3) is 0 Å². The van der Waals surface area contributed by atoms with Crippen molar-refractivity contribution in [3.8, 4) is 0 Å². The Hall–Kier alpha value is -0.890. The standard InChI is InChI=1S/C18H37N3O5/c1-9-15(25-17(3,4)5)14(23)11-24-10-13(20-21-19)16(12(2)22)26-18(6,7)8/h12-16,22-23H,9-11H2,1-8H3/t12-,13+,14+,15+,16-/m1/s1. The molecule has 2 N–H and O–H groups in total. The molecule has 0 spiro atoms. The van der Waals surface area contributed by atoms with Crippen LogP contribution in [0.15, 0.2) is 5.11 Å². The molecule has 0 aliphatic rings. The second-order valence-electron chi connectivity index (χ2n) is 8.49. The third kappa shape index (κ3) is 11.0. The fraction of sp³-hybridized carbons (Fsp3) is 1.00. The summed E-state index contributed by atoms with van der Waals surface area (Å²) in [6.45, 7) is 14.9. The third-order valence-electron chi connectivity index (χ3n) is 3.46. The lowest BCUT2D eigenvalue weighted by atomic mass is 10.1. The summed E-state index contributed by atoms with van der Waals surface area (Å²) in [5.74, 6) is 0. The first-order valence-electron chi connectivity index (χ1n) is 9.14. The summed E-state index contributed by atoms with van der Waals surface area (Å²) in [5.41, 5.74) is 7.94. The average molecular weight is 376 g/mol. The van der Waals surface area contributed by atoms with Gasteiger partial charge in [0.05, 0.1) is 48.8 Å². The number of aliphatic hydroxyl groups excluding tert-OH is 2. The molecular weight excluding hydrogens is 338 g/mol. The van der Waals surface area contributed by atoms with Crippen LogP contribution >= 0.6 is 0 Å². The van der Waals surface area contributed by atoms with Gasteiger partial charge in [0.15, 0.2) is 0 Å². The molecular formula is C18H37N3O5. The maximum Gasteiger partial charge on any atom is 0.103 e. The van der Waals surface area contributed by atoms with E-state index < -0.39 is 30.0 Å². The molecule has 0 amide bonds. The lowest BCUT2D eigenvalue weighted by molar-refractivity contribution is -0.140. The molecule has 26 heavy (non-hydrogen) atoms. The number of rotatable bonds is 11. The maximum atomic E-state index is 10.3. The highest BCUT2D eigenvalue weighted by Crippen LogP contribution is 2.20. The largest absolute Gasteiger partial charge is 0.391 e. The van der Waals surface area contributed by atoms with Crippen LogP contribution in [0.4, 0.5) is 0 Å². The van der Waals surface area contributed by atoms with E-state index in [0.717, 1.165) is 0 Å². The Bertz CT molecular complexity index is 439. The van der Waals surface area contributed by atoms with E-state index in [1.54, 1.807) is 6.92 Å². The van der Waals surface area contributed by atoms with E-state index in [-0.39, 0.29) is 24.9 Å². The second kappa shape index (κ2) is 11.1. The van der Waals surface area contributed by atoms with Crippen molar-refractivity contribution in [1.82, 2.24) is 0 Å². The highest BCUT2D eigenvalue weighted by atomic mass is 16.5. The normalized spacial score (nSPS) is 18.5. The van der Waals surface area contributed by atoms with Crippen molar-refractivity contribution in [3.63, 3.8) is 0 Å². The molecule has 0 fully saturated rings. The van der Waals surface area contributed by atoms with Crippen molar-refractivity contribution in [2.75, 3.05) is 13.2 Å². The van der Waals surface area contributed by atoms with Crippen molar-refractivity contribution in [2.45, 2.75) is 103 Å². The molecule has 0 aromatic rings. The van der Waals surface area contributed by atoms with Crippen molar-refractivity contribution < 1.29 is 24.4 Å². The predicted octanol–water partition coefficient (Wildman–Crippen LogP) is 3.20. The van der Waals surface area contributed by atoms with Gasteiger partial charge in [-0.15, -0.1) is 0 Å². The zero-order chi connectivity index (χ0) is 20.5. The number of ether oxygens (including phenoxy) is 3. The Morgan fingerprint density at radius 2 is 1.54 bits per heavy atom. The lowest BCUT2D eigenvalue weighted by Gasteiger charge is -2.33. The minimum atomic E-state index is -0.842. The molecule has 0 radical (unpaired) electrons. The first-order valence-corrected chi connectivity index (χ1v) is 9.14. The molecule has 0 aromatic heterocycles. The Morgan fingerprint density at radius 1 is 1.00 bits per heavy atom. The van der Waals surface area contributed by atoms with Gasteiger partial charge in [-0.25, -0.2) is 0 Å². The van der Waals surface area contributed by atoms with Crippen LogP contribution in [0.3, 0.4) is 0 Å². The van der Waals surface area contributed by atoms with Gasteiger partial charge in [0, 0.05) is 4.91 Å². The van der Waals surface area contributed by atoms with E-state index in [0.29, 0.717) is 6.42 Å². The molecule has 5 atom stereocenters. The topological polar surface area (TPSA) is 117 Å². The van der Waals surface area contributed by atoms with Gasteiger partial charge in [0.1, 0.15) is 6.10 Å². The highest BCUT2D eigenvalue weighted by Gasteiger charge is 2.31. The SMILES string of the molecule is CC[C@H](OC(C)(C)C)[C@@H](O)COC[C@H](N=[N+]=[N-])[C@H](OC(C)(C)C)[C@@H](C)O. The molecule has 154 valence electrons. The monoisotopic (exact) mass is 375 g/mol. The molecule has 0 aliphatic carbocycles. The summed E-state index contributed by atoms with van der Waals surface area (Å²) < 4.78 is 17.2. The highest BCUT2D eigenvalue weighted by molar-refractivity contribution is 4.84. The minimum absolute atomic E-state index is 0.0265. The van der Waals surface area contributed by atoms with Crippen molar-refractivity contribution >= 4 is 0 Å². The van der Waals surface area contributed by atoms with Crippen LogP contribution in [0.25, 0.3) is 10.4 Å². The Labute approximate surface area is 157 Å². The summed E-state index contributed by atoms with van der Waals surface area (Å²) in [7, 11) is 0. The van der Waals surface area contributed by atoms with Crippen LogP contribution in [0.2, 0.25) is 0 Å². The van der Waals surface area contributed by atoms with Crippen LogP contribution in [0, 0.1) is 0 Å². The number of hydrogen-bond acceptors (Lipinski definition) is 6. The summed E-state index contributed by atoms with van der Waals surface area (Å²) in [6.07, 6.45) is -2.07. The molecule has 0 aliphatic heterocycles. The van der Waals surface area contributed by atoms with Gasteiger partial charge in [-0.05, 0) is 60.4 Å². The molecule has 0 heterocycles. The predicted molar refractivity (Wildman–Crippen MR) is 101 cm³/mol. The number of aliphatic hydroxyl groups is 2. The Balaban J connectivity index is 4.84. The smallest absolute Gasteiger partial charge is 0.103 e. The van der Waals surface area contributed by atoms with Crippen LogP contribution in [-0.4, -0.2) is 65.1 Å². The van der Waals surface area contributed by atoms with E-state index in [4.69, 9.17) is 19.7 Å². The molecule has 0 aromatic carbocycles. The van der Waals surface area contributed by atoms with Crippen molar-refractivity contribution in [3.05, 3.63) is 10.4 Å². The van der Waals surface area contributed by atoms with Gasteiger partial charge in [-0.3, -0.25) is 0 Å². The molecule has 0 rings (SSSR count). The van der Waals surface area contributed by atoms with E-state index in [2.05, 4.69) is 10.0 Å². The number of nitrogens with zero attached hydrogens (tertiary/aromatic N) is 3. The zero-order valence-corrected chi connectivity index (χ0v) is 17.5. The number of hydrogen-bond donors (Lipinski definition) is 2. The van der Waals surface area contributed by atoms with Gasteiger partial charge >= 0.3 is 0 Å². The minimum Gasteiger partial charge on any atom is -0.391 e. The third-order valence-corrected chi connectivity index (χ3v) is 3.46. The van der Waals surface area contributed by atoms with E-state index in [1.165, 1.54) is 0 Å². The quantitative estimate of drug-likeness (QED) is 0.327. The van der Waals surface area contributed by atoms with Gasteiger partial charge in [-0.1, -0.05) is 12.0 Å². The molecule has 0 bridgehead atoms. The summed E-state index contributed by atoms with van der Waals surface area (Å²) in [6, 6.07) is -0.713. The maximum absolute atomic E-state index is 10.3. The first kappa shape index (κ1) is 25.1. The van der Waals surface area contributed by atoms with E-state index >= 15 is 0 Å². The van der Waals surface area contributed by atoms with Crippen molar-refractivity contribution in [2.24, 2.45) is 5.11 Å². The Kier molecular flexibility index (Phi) is 10.7. The average Bonchev–Trinajstić information content (AvgIpc) is 2.47. The second-order valence-corrected chi connectivity index (χ2v) is 8.49. The summed E-state index contributed by atoms with van der Waals surface area (Å²) in [5, 5.41) is 24.0. The van der Waals surface area contributed by atoms with Gasteiger partial charge in [0.2, 0.25) is 0 Å². The fourth-order valence-electron chi connectivity index (χ4n) is 2.47. The number of azide groups is 1. The molecule has 0 unspecified atom stereocenters. The molecule has 0 saturated heterocycles. The van der Waals surface area contributed by atoms with Crippen LogP contribution in [0.1, 0.15) is 61.8 Å². The zero-order valence-electron chi connectivity index (χ0n) is 17.5. The molecule has 8 nitrogen and oxygen atoms in total. The molecule has 0 saturated carbocycles. The van der Waals surface area contributed by atoms with E-state index in [1.807, 2.05) is 48.5 Å². The van der Waals surface area contributed by atoms with Crippen LogP contribution in [0.5, 0.6) is 0 Å². The van der Waals surface area contributed by atoms with Gasteiger partial charge < -0.3 is 24.4 Å². The summed E-state index contributed by atoms with van der Waals surface area (Å²) >= 11 is 0. The van der Waals surface area contributed by atoms with E-state index in [9.17, 15) is 10.2 Å². The van der Waals surface area contributed by atoms with Crippen LogP contribution in [-0.2, 0) is 14.2 Å².